The molecule has 142 valence electrons. The zero-order valence-electron chi connectivity index (χ0n) is 15.4. The molecule has 1 aromatic heterocycles. The summed E-state index contributed by atoms with van der Waals surface area (Å²) in [6.07, 6.45) is -4.61. The van der Waals surface area contributed by atoms with Crippen LogP contribution in [0.4, 0.5) is 4.39 Å². The Labute approximate surface area is 146 Å². The second-order valence-corrected chi connectivity index (χ2v) is 12.8. The first kappa shape index (κ1) is 20.0. The quantitative estimate of drug-likeness (QED) is 0.780. The molecule has 1 unspecified atom stereocenters. The van der Waals surface area contributed by atoms with E-state index >= 15 is 4.39 Å². The van der Waals surface area contributed by atoms with Gasteiger partial charge in [0.1, 0.15) is 12.2 Å². The summed E-state index contributed by atoms with van der Waals surface area (Å²) in [5, 5.41) is 9.87. The van der Waals surface area contributed by atoms with Crippen LogP contribution in [0.25, 0.3) is 0 Å². The zero-order valence-corrected chi connectivity index (χ0v) is 16.4. The molecule has 9 heteroatoms. The van der Waals surface area contributed by atoms with Crippen molar-refractivity contribution in [2.75, 3.05) is 0 Å². The Kier molecular flexibility index (Phi) is 5.44. The molecule has 1 aliphatic rings. The molecule has 0 radical (unpaired) electrons. The Morgan fingerprint density at radius 1 is 1.40 bits per heavy atom. The number of ether oxygens (including phenoxy) is 1. The van der Waals surface area contributed by atoms with Crippen molar-refractivity contribution in [3.05, 3.63) is 33.1 Å². The normalized spacial score (nSPS) is 29.0. The van der Waals surface area contributed by atoms with Gasteiger partial charge in [0.25, 0.3) is 5.56 Å². The second kappa shape index (κ2) is 6.79. The highest BCUT2D eigenvalue weighted by atomic mass is 28.4. The Bertz CT molecular complexity index is 724. The average Bonchev–Trinajstić information content (AvgIpc) is 2.75. The summed E-state index contributed by atoms with van der Waals surface area (Å²) in [6.45, 7) is 11.6. The molecule has 1 fully saturated rings. The lowest BCUT2D eigenvalue weighted by Crippen LogP contribution is -2.50. The van der Waals surface area contributed by atoms with Crippen LogP contribution < -0.4 is 11.2 Å². The molecule has 5 atom stereocenters. The molecule has 2 heterocycles. The number of aliphatic hydroxyl groups excluding tert-OH is 1. The number of halogens is 1. The van der Waals surface area contributed by atoms with Crippen LogP contribution in [-0.2, 0) is 9.16 Å². The SMILES string of the molecule is C[C@H](O)C1O[C@@H](n2ccc(=O)[nH]c2=O)[C@H](F)[C@@H]1O[Si](C)(C)C(C)(C)C. The van der Waals surface area contributed by atoms with E-state index in [1.54, 1.807) is 0 Å². The minimum Gasteiger partial charge on any atom is -0.408 e. The molecular weight excluding hydrogens is 347 g/mol. The van der Waals surface area contributed by atoms with Crippen molar-refractivity contribution in [1.29, 1.82) is 0 Å². The van der Waals surface area contributed by atoms with E-state index in [-0.39, 0.29) is 5.04 Å². The van der Waals surface area contributed by atoms with Crippen LogP contribution in [0.3, 0.4) is 0 Å². The van der Waals surface area contributed by atoms with Gasteiger partial charge in [0, 0.05) is 12.3 Å². The molecule has 2 rings (SSSR count). The molecule has 0 amide bonds. The predicted octanol–water partition coefficient (Wildman–Crippen LogP) is 1.54. The largest absolute Gasteiger partial charge is 0.408 e. The van der Waals surface area contributed by atoms with Gasteiger partial charge in [-0.05, 0) is 25.1 Å². The Morgan fingerprint density at radius 2 is 2.00 bits per heavy atom. The van der Waals surface area contributed by atoms with Crippen LogP contribution in [0.15, 0.2) is 21.9 Å². The van der Waals surface area contributed by atoms with Crippen LogP contribution in [0.5, 0.6) is 0 Å². The fourth-order valence-electron chi connectivity index (χ4n) is 2.54. The van der Waals surface area contributed by atoms with Gasteiger partial charge < -0.3 is 14.3 Å². The van der Waals surface area contributed by atoms with Crippen molar-refractivity contribution >= 4 is 8.32 Å². The molecule has 0 bridgehead atoms. The number of alkyl halides is 1. The molecule has 0 aliphatic carbocycles. The van der Waals surface area contributed by atoms with Crippen molar-refractivity contribution in [3.63, 3.8) is 0 Å². The smallest absolute Gasteiger partial charge is 0.330 e. The van der Waals surface area contributed by atoms with E-state index in [1.165, 1.54) is 13.1 Å². The van der Waals surface area contributed by atoms with Crippen LogP contribution in [0, 0.1) is 0 Å². The number of rotatable bonds is 4. The van der Waals surface area contributed by atoms with Gasteiger partial charge in [-0.1, -0.05) is 20.8 Å². The van der Waals surface area contributed by atoms with Crippen LogP contribution in [0.1, 0.15) is 33.9 Å². The maximum Gasteiger partial charge on any atom is 0.330 e. The fourth-order valence-corrected chi connectivity index (χ4v) is 3.84. The standard InChI is InChI=1S/C16H27FN2O5Si/c1-9(20)12-13(24-25(5,6)16(2,3)4)11(17)14(23-12)19-8-7-10(21)18-15(19)22/h7-9,11-14,20H,1-6H3,(H,18,21,22)/t9-,11+,12?,13-,14+/m0/s1. The van der Waals surface area contributed by atoms with Crippen LogP contribution in [-0.4, -0.2) is 47.5 Å². The van der Waals surface area contributed by atoms with Gasteiger partial charge in [0.15, 0.2) is 20.7 Å². The molecule has 0 saturated carbocycles. The number of aliphatic hydroxyl groups is 1. The summed E-state index contributed by atoms with van der Waals surface area (Å²) < 4.78 is 27.9. The molecule has 7 nitrogen and oxygen atoms in total. The topological polar surface area (TPSA) is 93.5 Å². The summed E-state index contributed by atoms with van der Waals surface area (Å²) in [4.78, 5) is 25.3. The van der Waals surface area contributed by atoms with Crippen molar-refractivity contribution < 1.29 is 18.7 Å². The Morgan fingerprint density at radius 3 is 2.48 bits per heavy atom. The van der Waals surface area contributed by atoms with Gasteiger partial charge in [-0.15, -0.1) is 0 Å². The van der Waals surface area contributed by atoms with E-state index in [2.05, 4.69) is 4.98 Å². The van der Waals surface area contributed by atoms with Gasteiger partial charge in [-0.2, -0.15) is 0 Å². The third kappa shape index (κ3) is 3.94. The highest BCUT2D eigenvalue weighted by molar-refractivity contribution is 6.74. The Hall–Kier alpha value is -1.29. The molecule has 2 N–H and O–H groups in total. The van der Waals surface area contributed by atoms with Gasteiger partial charge in [-0.25, -0.2) is 9.18 Å². The minimum absolute atomic E-state index is 0.150. The van der Waals surface area contributed by atoms with E-state index in [4.69, 9.17) is 9.16 Å². The highest BCUT2D eigenvalue weighted by Gasteiger charge is 2.52. The van der Waals surface area contributed by atoms with Gasteiger partial charge in [-0.3, -0.25) is 14.3 Å². The number of nitrogens with zero attached hydrogens (tertiary/aromatic N) is 1. The first-order valence-corrected chi connectivity index (χ1v) is 11.2. The summed E-state index contributed by atoms with van der Waals surface area (Å²) in [6, 6.07) is 1.12. The Balaban J connectivity index is 2.37. The lowest BCUT2D eigenvalue weighted by Gasteiger charge is -2.40. The number of nitrogens with one attached hydrogen (secondary N) is 1. The molecule has 1 aliphatic heterocycles. The van der Waals surface area contributed by atoms with E-state index in [1.807, 2.05) is 33.9 Å². The van der Waals surface area contributed by atoms with E-state index in [0.29, 0.717) is 0 Å². The monoisotopic (exact) mass is 374 g/mol. The first-order valence-electron chi connectivity index (χ1n) is 8.32. The molecule has 0 spiro atoms. The van der Waals surface area contributed by atoms with Crippen molar-refractivity contribution in [3.8, 4) is 0 Å². The lowest BCUT2D eigenvalue weighted by molar-refractivity contribution is -0.0768. The average molecular weight is 374 g/mol. The molecule has 25 heavy (non-hydrogen) atoms. The number of aromatic nitrogens is 2. The summed E-state index contributed by atoms with van der Waals surface area (Å²) >= 11 is 0. The molecule has 1 aromatic rings. The fraction of sp³-hybridized carbons (Fsp3) is 0.750. The maximum atomic E-state index is 15.2. The van der Waals surface area contributed by atoms with Crippen molar-refractivity contribution in [1.82, 2.24) is 9.55 Å². The highest BCUT2D eigenvalue weighted by Crippen LogP contribution is 2.42. The predicted molar refractivity (Wildman–Crippen MR) is 93.9 cm³/mol. The van der Waals surface area contributed by atoms with Crippen LogP contribution >= 0.6 is 0 Å². The van der Waals surface area contributed by atoms with Gasteiger partial charge in [0.2, 0.25) is 0 Å². The maximum absolute atomic E-state index is 15.2. The molecule has 1 saturated heterocycles. The summed E-state index contributed by atoms with van der Waals surface area (Å²) in [5.74, 6) is 0. The number of hydrogen-bond acceptors (Lipinski definition) is 5. The minimum atomic E-state index is -2.33. The summed E-state index contributed by atoms with van der Waals surface area (Å²) in [7, 11) is -2.33. The van der Waals surface area contributed by atoms with E-state index in [9.17, 15) is 14.7 Å². The van der Waals surface area contributed by atoms with Crippen molar-refractivity contribution in [2.45, 2.75) is 76.5 Å². The third-order valence-corrected chi connectivity index (χ3v) is 9.52. The van der Waals surface area contributed by atoms with Gasteiger partial charge in [0.05, 0.1) is 6.10 Å². The lowest BCUT2D eigenvalue weighted by atomic mass is 10.1. The third-order valence-electron chi connectivity index (χ3n) is 5.04. The van der Waals surface area contributed by atoms with Crippen LogP contribution in [0.2, 0.25) is 18.1 Å². The number of aromatic amines is 1. The summed E-state index contributed by atoms with van der Waals surface area (Å²) in [5.41, 5.74) is -1.34. The molecule has 0 aromatic carbocycles. The van der Waals surface area contributed by atoms with E-state index < -0.39 is 50.3 Å². The van der Waals surface area contributed by atoms with Crippen molar-refractivity contribution in [2.24, 2.45) is 0 Å². The van der Waals surface area contributed by atoms with Gasteiger partial charge >= 0.3 is 5.69 Å². The second-order valence-electron chi connectivity index (χ2n) is 8.04. The zero-order chi connectivity index (χ0) is 19.2. The van der Waals surface area contributed by atoms with E-state index in [0.717, 1.165) is 10.6 Å². The molecular formula is C16H27FN2O5Si. The first-order chi connectivity index (χ1) is 11.3. The number of hydrogen-bond donors (Lipinski definition) is 2. The number of H-pyrrole nitrogens is 1.